The van der Waals surface area contributed by atoms with Crippen molar-refractivity contribution in [2.45, 2.75) is 0 Å². The summed E-state index contributed by atoms with van der Waals surface area (Å²) in [5, 5.41) is 14.6. The van der Waals surface area contributed by atoms with E-state index in [-0.39, 0.29) is 10.6 Å². The van der Waals surface area contributed by atoms with Gasteiger partial charge in [0.05, 0.1) is 17.7 Å². The minimum atomic E-state index is -0.381. The summed E-state index contributed by atoms with van der Waals surface area (Å²) in [5.74, 6) is 0.782. The SMILES string of the molecule is C=C/C=N\C(=NC)Nc1cc([N+](=O)[O-])c(N2CCN(C)CC2)cc1OC. The quantitative estimate of drug-likeness (QED) is 0.373. The maximum absolute atomic E-state index is 11.6. The Morgan fingerprint density at radius 1 is 1.38 bits per heavy atom. The maximum atomic E-state index is 11.6. The summed E-state index contributed by atoms with van der Waals surface area (Å²) < 4.78 is 5.43. The molecule has 9 nitrogen and oxygen atoms in total. The van der Waals surface area contributed by atoms with E-state index in [9.17, 15) is 10.1 Å². The Hall–Kier alpha value is -2.94. The summed E-state index contributed by atoms with van der Waals surface area (Å²) in [6, 6.07) is 3.15. The molecule has 0 amide bonds. The van der Waals surface area contributed by atoms with E-state index in [1.165, 1.54) is 25.5 Å². The number of hydrogen-bond donors (Lipinski definition) is 1. The van der Waals surface area contributed by atoms with Crippen LogP contribution in [0.4, 0.5) is 17.1 Å². The minimum Gasteiger partial charge on any atom is -0.494 e. The van der Waals surface area contributed by atoms with Crippen LogP contribution in [0.3, 0.4) is 0 Å². The monoisotopic (exact) mass is 360 g/mol. The van der Waals surface area contributed by atoms with Gasteiger partial charge < -0.3 is 19.9 Å². The lowest BCUT2D eigenvalue weighted by Gasteiger charge is -2.34. The Morgan fingerprint density at radius 2 is 2.08 bits per heavy atom. The molecule has 0 spiro atoms. The highest BCUT2D eigenvalue weighted by Crippen LogP contribution is 2.38. The summed E-state index contributed by atoms with van der Waals surface area (Å²) in [7, 11) is 5.13. The van der Waals surface area contributed by atoms with Gasteiger partial charge in [-0.2, -0.15) is 0 Å². The Morgan fingerprint density at radius 3 is 2.62 bits per heavy atom. The van der Waals surface area contributed by atoms with Crippen molar-refractivity contribution in [3.63, 3.8) is 0 Å². The van der Waals surface area contributed by atoms with Gasteiger partial charge in [-0.15, -0.1) is 0 Å². The van der Waals surface area contributed by atoms with Crippen molar-refractivity contribution in [1.29, 1.82) is 0 Å². The van der Waals surface area contributed by atoms with Crippen molar-refractivity contribution >= 4 is 29.2 Å². The van der Waals surface area contributed by atoms with Crippen LogP contribution in [-0.2, 0) is 0 Å². The number of aliphatic imine (C=N–C) groups is 2. The number of nitrogens with one attached hydrogen (secondary N) is 1. The van der Waals surface area contributed by atoms with Gasteiger partial charge >= 0.3 is 0 Å². The molecule has 1 N–H and O–H groups in total. The summed E-state index contributed by atoms with van der Waals surface area (Å²) in [5.41, 5.74) is 0.995. The van der Waals surface area contributed by atoms with Crippen LogP contribution in [0.15, 0.2) is 34.8 Å². The van der Waals surface area contributed by atoms with E-state index in [2.05, 4.69) is 26.8 Å². The molecule has 26 heavy (non-hydrogen) atoms. The Bertz CT molecular complexity index is 723. The highest BCUT2D eigenvalue weighted by Gasteiger charge is 2.25. The number of piperazine rings is 1. The molecule has 1 aromatic rings. The Kier molecular flexibility index (Phi) is 6.67. The van der Waals surface area contributed by atoms with Crippen LogP contribution >= 0.6 is 0 Å². The fraction of sp³-hybridized carbons (Fsp3) is 0.412. The van der Waals surface area contributed by atoms with Crippen LogP contribution < -0.4 is 15.0 Å². The van der Waals surface area contributed by atoms with Gasteiger partial charge in [0.15, 0.2) is 0 Å². The van der Waals surface area contributed by atoms with Crippen molar-refractivity contribution in [2.75, 3.05) is 57.6 Å². The van der Waals surface area contributed by atoms with Gasteiger partial charge in [0.2, 0.25) is 5.96 Å². The zero-order valence-corrected chi connectivity index (χ0v) is 15.3. The van der Waals surface area contributed by atoms with Crippen LogP contribution in [0, 0.1) is 10.1 Å². The average Bonchev–Trinajstić information content (AvgIpc) is 2.65. The number of guanidine groups is 1. The molecule has 0 unspecified atom stereocenters. The second kappa shape index (κ2) is 8.95. The second-order valence-corrected chi connectivity index (χ2v) is 5.77. The van der Waals surface area contributed by atoms with Crippen LogP contribution in [-0.4, -0.2) is 69.4 Å². The first-order chi connectivity index (χ1) is 12.5. The summed E-state index contributed by atoms with van der Waals surface area (Å²) in [6.07, 6.45) is 3.00. The second-order valence-electron chi connectivity index (χ2n) is 5.77. The lowest BCUT2D eigenvalue weighted by molar-refractivity contribution is -0.384. The molecule has 140 valence electrons. The lowest BCUT2D eigenvalue weighted by Crippen LogP contribution is -2.44. The zero-order valence-electron chi connectivity index (χ0n) is 15.3. The molecule has 1 saturated heterocycles. The van der Waals surface area contributed by atoms with E-state index in [1.807, 2.05) is 11.9 Å². The minimum absolute atomic E-state index is 0.0148. The van der Waals surface area contributed by atoms with E-state index in [0.29, 0.717) is 23.1 Å². The molecule has 0 bridgehead atoms. The number of ether oxygens (including phenoxy) is 1. The number of allylic oxidation sites excluding steroid dienone is 1. The third-order valence-electron chi connectivity index (χ3n) is 4.10. The average molecular weight is 360 g/mol. The van der Waals surface area contributed by atoms with Crippen molar-refractivity contribution in [2.24, 2.45) is 9.98 Å². The molecule has 1 heterocycles. The van der Waals surface area contributed by atoms with Gasteiger partial charge in [-0.3, -0.25) is 15.1 Å². The normalized spacial score (nSPS) is 16.0. The number of anilines is 2. The molecule has 9 heteroatoms. The predicted molar refractivity (Wildman–Crippen MR) is 105 cm³/mol. The standard InChI is InChI=1S/C17H24N6O3/c1-5-6-19-17(18-2)20-13-11-15(23(24)25)14(12-16(13)26-4)22-9-7-21(3)8-10-22/h5-6,11-12H,1,7-10H2,2-4H3,(H,18,20)/b19-6-. The van der Waals surface area contributed by atoms with Gasteiger partial charge in [0, 0.05) is 51.6 Å². The molecule has 1 aromatic carbocycles. The lowest BCUT2D eigenvalue weighted by atomic mass is 10.1. The number of benzene rings is 1. The van der Waals surface area contributed by atoms with Crippen LogP contribution in [0.2, 0.25) is 0 Å². The third-order valence-corrected chi connectivity index (χ3v) is 4.10. The van der Waals surface area contributed by atoms with Crippen molar-refractivity contribution in [3.05, 3.63) is 34.9 Å². The fourth-order valence-electron chi connectivity index (χ4n) is 2.66. The number of nitro groups is 1. The van der Waals surface area contributed by atoms with Gasteiger partial charge in [0.1, 0.15) is 11.4 Å². The van der Waals surface area contributed by atoms with E-state index in [1.54, 1.807) is 13.1 Å². The molecule has 0 radical (unpaired) electrons. The molecule has 0 saturated carbocycles. The molecule has 2 rings (SSSR count). The van der Waals surface area contributed by atoms with E-state index in [4.69, 9.17) is 4.74 Å². The predicted octanol–water partition coefficient (Wildman–Crippen LogP) is 2.01. The summed E-state index contributed by atoms with van der Waals surface area (Å²) in [4.78, 5) is 23.5. The van der Waals surface area contributed by atoms with Crippen LogP contribution in [0.5, 0.6) is 5.75 Å². The largest absolute Gasteiger partial charge is 0.494 e. The number of rotatable bonds is 5. The molecule has 1 aliphatic rings. The molecule has 0 atom stereocenters. The number of methoxy groups -OCH3 is 1. The number of hydrogen-bond acceptors (Lipinski definition) is 6. The Balaban J connectivity index is 2.41. The zero-order chi connectivity index (χ0) is 19.1. The van der Waals surface area contributed by atoms with Crippen LogP contribution in [0.1, 0.15) is 0 Å². The molecule has 0 aromatic heterocycles. The molecular weight excluding hydrogens is 336 g/mol. The van der Waals surface area contributed by atoms with Crippen molar-refractivity contribution in [1.82, 2.24) is 4.90 Å². The summed E-state index contributed by atoms with van der Waals surface area (Å²) in [6.45, 7) is 6.70. The van der Waals surface area contributed by atoms with E-state index in [0.717, 1.165) is 26.2 Å². The fourth-order valence-corrected chi connectivity index (χ4v) is 2.66. The van der Waals surface area contributed by atoms with Crippen molar-refractivity contribution < 1.29 is 9.66 Å². The van der Waals surface area contributed by atoms with E-state index < -0.39 is 0 Å². The van der Waals surface area contributed by atoms with Crippen molar-refractivity contribution in [3.8, 4) is 5.75 Å². The molecule has 1 aliphatic heterocycles. The smallest absolute Gasteiger partial charge is 0.294 e. The first-order valence-electron chi connectivity index (χ1n) is 8.19. The van der Waals surface area contributed by atoms with Gasteiger partial charge in [-0.25, -0.2) is 4.99 Å². The highest BCUT2D eigenvalue weighted by atomic mass is 16.6. The molecular formula is C17H24N6O3. The van der Waals surface area contributed by atoms with E-state index >= 15 is 0 Å². The van der Waals surface area contributed by atoms with Gasteiger partial charge in [-0.1, -0.05) is 12.7 Å². The molecule has 1 fully saturated rings. The van der Waals surface area contributed by atoms with Gasteiger partial charge in [0.25, 0.3) is 5.69 Å². The van der Waals surface area contributed by atoms with Gasteiger partial charge in [-0.05, 0) is 7.05 Å². The maximum Gasteiger partial charge on any atom is 0.294 e. The molecule has 0 aliphatic carbocycles. The third kappa shape index (κ3) is 4.57. The first kappa shape index (κ1) is 19.4. The summed E-state index contributed by atoms with van der Waals surface area (Å²) >= 11 is 0. The Labute approximate surface area is 152 Å². The number of nitrogens with zero attached hydrogens (tertiary/aromatic N) is 5. The number of nitro benzene ring substituents is 1. The topological polar surface area (TPSA) is 95.6 Å². The van der Waals surface area contributed by atoms with Crippen LogP contribution in [0.25, 0.3) is 0 Å². The number of likely N-dealkylation sites (N-methyl/N-ethyl adjacent to an activating group) is 1. The highest BCUT2D eigenvalue weighted by molar-refractivity contribution is 6.01. The first-order valence-corrected chi connectivity index (χ1v) is 8.19.